The first kappa shape index (κ1) is 30.3. The molecule has 0 bridgehead atoms. The van der Waals surface area contributed by atoms with Gasteiger partial charge in [-0.25, -0.2) is 9.78 Å². The summed E-state index contributed by atoms with van der Waals surface area (Å²) in [4.78, 5) is 26.3. The van der Waals surface area contributed by atoms with Crippen molar-refractivity contribution in [2.24, 2.45) is 0 Å². The van der Waals surface area contributed by atoms with Crippen molar-refractivity contribution in [3.63, 3.8) is 0 Å². The van der Waals surface area contributed by atoms with Crippen LogP contribution in [0.5, 0.6) is 17.2 Å². The highest BCUT2D eigenvalue weighted by Gasteiger charge is 2.22. The molecule has 0 aliphatic rings. The Balaban J connectivity index is 1.55. The maximum absolute atomic E-state index is 13.7. The number of rotatable bonds is 12. The van der Waals surface area contributed by atoms with Crippen molar-refractivity contribution < 1.29 is 19.0 Å². The van der Waals surface area contributed by atoms with Gasteiger partial charge < -0.3 is 24.4 Å². The lowest BCUT2D eigenvalue weighted by molar-refractivity contribution is 0.206. The molecule has 9 nitrogen and oxygen atoms in total. The molecule has 9 heteroatoms. The molecule has 3 aromatic carbocycles. The van der Waals surface area contributed by atoms with E-state index in [0.717, 1.165) is 46.0 Å². The van der Waals surface area contributed by atoms with Crippen LogP contribution in [0.1, 0.15) is 22.3 Å². The lowest BCUT2D eigenvalue weighted by Crippen LogP contribution is -2.36. The zero-order chi connectivity index (χ0) is 30.1. The van der Waals surface area contributed by atoms with E-state index in [1.807, 2.05) is 95.5 Å². The zero-order valence-corrected chi connectivity index (χ0v) is 25.2. The zero-order valence-electron chi connectivity index (χ0n) is 25.2. The van der Waals surface area contributed by atoms with E-state index in [1.54, 1.807) is 19.4 Å². The molecule has 0 radical (unpaired) electrons. The predicted molar refractivity (Wildman–Crippen MR) is 167 cm³/mol. The molecule has 0 aliphatic heterocycles. The molecule has 1 aromatic heterocycles. The highest BCUT2D eigenvalue weighted by atomic mass is 16.6. The van der Waals surface area contributed by atoms with Crippen LogP contribution in [0.15, 0.2) is 72.9 Å². The smallest absolute Gasteiger partial charge is 0.420 e. The number of nitrogens with zero attached hydrogens (tertiary/aromatic N) is 4. The summed E-state index contributed by atoms with van der Waals surface area (Å²) < 4.78 is 17.3. The number of anilines is 3. The van der Waals surface area contributed by atoms with Gasteiger partial charge in [0.15, 0.2) is 0 Å². The number of benzene rings is 3. The molecular formula is C33H39N5O4. The summed E-state index contributed by atoms with van der Waals surface area (Å²) in [7, 11) is 5.65. The van der Waals surface area contributed by atoms with E-state index in [-0.39, 0.29) is 0 Å². The maximum atomic E-state index is 13.7. The van der Waals surface area contributed by atoms with Crippen LogP contribution in [0.2, 0.25) is 0 Å². The van der Waals surface area contributed by atoms with E-state index in [1.165, 1.54) is 4.90 Å². The standard InChI is InChI=1S/C33H39N5O4/c1-23-21-24(2)31(25(3)22-23)42-33(39)38(18-16-26-9-7-8-10-29(26)40-6)30-15-17-34-32(36-30)35-27-11-13-28(14-12-27)41-20-19-37(4)5/h7-15,17,21-22H,16,18-20H2,1-6H3,(H,34,35,36). The second kappa shape index (κ2) is 14.3. The Kier molecular flexibility index (Phi) is 10.3. The highest BCUT2D eigenvalue weighted by molar-refractivity contribution is 5.88. The van der Waals surface area contributed by atoms with Crippen molar-refractivity contribution in [1.82, 2.24) is 14.9 Å². The number of aromatic nitrogens is 2. The summed E-state index contributed by atoms with van der Waals surface area (Å²) in [5, 5.41) is 3.22. The summed E-state index contributed by atoms with van der Waals surface area (Å²) in [6.07, 6.45) is 1.63. The number of aryl methyl sites for hydroxylation is 3. The average molecular weight is 570 g/mol. The largest absolute Gasteiger partial charge is 0.496 e. The first-order valence-electron chi connectivity index (χ1n) is 13.9. The van der Waals surface area contributed by atoms with Gasteiger partial charge in [0.1, 0.15) is 29.7 Å². The minimum Gasteiger partial charge on any atom is -0.496 e. The first-order valence-corrected chi connectivity index (χ1v) is 13.9. The van der Waals surface area contributed by atoms with Crippen LogP contribution < -0.4 is 24.4 Å². The number of amides is 1. The van der Waals surface area contributed by atoms with E-state index in [4.69, 9.17) is 14.2 Å². The van der Waals surface area contributed by atoms with Gasteiger partial charge >= 0.3 is 6.09 Å². The summed E-state index contributed by atoms with van der Waals surface area (Å²) >= 11 is 0. The van der Waals surface area contributed by atoms with Crippen molar-refractivity contribution in [1.29, 1.82) is 0 Å². The number of nitrogens with one attached hydrogen (secondary N) is 1. The lowest BCUT2D eigenvalue weighted by Gasteiger charge is -2.23. The summed E-state index contributed by atoms with van der Waals surface area (Å²) in [5.41, 5.74) is 4.66. The second-order valence-corrected chi connectivity index (χ2v) is 10.3. The number of hydrogen-bond donors (Lipinski definition) is 1. The summed E-state index contributed by atoms with van der Waals surface area (Å²) in [6, 6.07) is 21.0. The van der Waals surface area contributed by atoms with Gasteiger partial charge in [0, 0.05) is 25.0 Å². The van der Waals surface area contributed by atoms with Crippen LogP contribution in [0.25, 0.3) is 0 Å². The summed E-state index contributed by atoms with van der Waals surface area (Å²) in [5.74, 6) is 2.86. The van der Waals surface area contributed by atoms with Crippen LogP contribution in [0, 0.1) is 20.8 Å². The van der Waals surface area contributed by atoms with Gasteiger partial charge in [-0.05, 0) is 94.4 Å². The van der Waals surface area contributed by atoms with Crippen LogP contribution in [-0.4, -0.2) is 61.9 Å². The molecule has 4 rings (SSSR count). The van der Waals surface area contributed by atoms with E-state index in [9.17, 15) is 4.79 Å². The molecule has 0 unspecified atom stereocenters. The average Bonchev–Trinajstić information content (AvgIpc) is 2.96. The molecular weight excluding hydrogens is 530 g/mol. The second-order valence-electron chi connectivity index (χ2n) is 10.3. The van der Waals surface area contributed by atoms with Gasteiger partial charge in [-0.15, -0.1) is 0 Å². The fraction of sp³-hybridized carbons (Fsp3) is 0.303. The Morgan fingerprint density at radius 2 is 1.64 bits per heavy atom. The van der Waals surface area contributed by atoms with E-state index < -0.39 is 6.09 Å². The Hall–Kier alpha value is -4.63. The topological polar surface area (TPSA) is 89.0 Å². The molecule has 42 heavy (non-hydrogen) atoms. The molecule has 1 heterocycles. The van der Waals surface area contributed by atoms with Crippen LogP contribution in [-0.2, 0) is 6.42 Å². The van der Waals surface area contributed by atoms with E-state index >= 15 is 0 Å². The highest BCUT2D eigenvalue weighted by Crippen LogP contribution is 2.27. The van der Waals surface area contributed by atoms with Crippen LogP contribution >= 0.6 is 0 Å². The minimum absolute atomic E-state index is 0.318. The van der Waals surface area contributed by atoms with Crippen LogP contribution in [0.4, 0.5) is 22.2 Å². The fourth-order valence-electron chi connectivity index (χ4n) is 4.58. The molecule has 0 spiro atoms. The molecule has 1 amide bonds. The fourth-order valence-corrected chi connectivity index (χ4v) is 4.58. The van der Waals surface area contributed by atoms with E-state index in [2.05, 4.69) is 20.2 Å². The van der Waals surface area contributed by atoms with Gasteiger partial charge in [-0.1, -0.05) is 35.9 Å². The van der Waals surface area contributed by atoms with Crippen molar-refractivity contribution in [2.75, 3.05) is 51.1 Å². The maximum Gasteiger partial charge on any atom is 0.420 e. The summed E-state index contributed by atoms with van der Waals surface area (Å²) in [6.45, 7) is 7.65. The lowest BCUT2D eigenvalue weighted by atomic mass is 10.1. The Bertz CT molecular complexity index is 1470. The minimum atomic E-state index is -0.524. The van der Waals surface area contributed by atoms with Gasteiger partial charge in [0.05, 0.1) is 7.11 Å². The molecule has 0 aliphatic carbocycles. The molecule has 4 aromatic rings. The molecule has 1 N–H and O–H groups in total. The number of carbonyl (C=O) groups is 1. The third-order valence-electron chi connectivity index (χ3n) is 6.65. The molecule has 0 saturated carbocycles. The monoisotopic (exact) mass is 569 g/mol. The van der Waals surface area contributed by atoms with Crippen molar-refractivity contribution in [3.05, 3.63) is 95.2 Å². The van der Waals surface area contributed by atoms with E-state index in [0.29, 0.717) is 37.1 Å². The third-order valence-corrected chi connectivity index (χ3v) is 6.65. The van der Waals surface area contributed by atoms with Gasteiger partial charge in [0.2, 0.25) is 5.95 Å². The normalized spacial score (nSPS) is 10.8. The van der Waals surface area contributed by atoms with Gasteiger partial charge in [-0.2, -0.15) is 4.98 Å². The number of carbonyl (C=O) groups excluding carboxylic acids is 1. The Labute approximate surface area is 248 Å². The molecule has 0 fully saturated rings. The van der Waals surface area contributed by atoms with Crippen molar-refractivity contribution in [3.8, 4) is 17.2 Å². The predicted octanol–water partition coefficient (Wildman–Crippen LogP) is 6.34. The number of para-hydroxylation sites is 1. The number of methoxy groups -OCH3 is 1. The van der Waals surface area contributed by atoms with Crippen molar-refractivity contribution >= 4 is 23.5 Å². The number of likely N-dealkylation sites (N-methyl/N-ethyl adjacent to an activating group) is 1. The number of hydrogen-bond acceptors (Lipinski definition) is 8. The quantitative estimate of drug-likeness (QED) is 0.211. The molecule has 220 valence electrons. The Morgan fingerprint density at radius 1 is 0.929 bits per heavy atom. The SMILES string of the molecule is COc1ccccc1CCN(C(=O)Oc1c(C)cc(C)cc1C)c1ccnc(Nc2ccc(OCCN(C)C)cc2)n1. The van der Waals surface area contributed by atoms with Gasteiger partial charge in [-0.3, -0.25) is 4.90 Å². The first-order chi connectivity index (χ1) is 20.2. The van der Waals surface area contributed by atoms with Crippen molar-refractivity contribution in [2.45, 2.75) is 27.2 Å². The molecule has 0 saturated heterocycles. The number of ether oxygens (including phenoxy) is 3. The Morgan fingerprint density at radius 3 is 2.33 bits per heavy atom. The third kappa shape index (κ3) is 8.20. The van der Waals surface area contributed by atoms with Gasteiger partial charge in [0.25, 0.3) is 0 Å². The van der Waals surface area contributed by atoms with Crippen LogP contribution in [0.3, 0.4) is 0 Å². The molecule has 0 atom stereocenters.